The van der Waals surface area contributed by atoms with E-state index in [4.69, 9.17) is 19.9 Å². The van der Waals surface area contributed by atoms with Crippen LogP contribution in [0, 0.1) is 13.8 Å². The maximum absolute atomic E-state index is 11.3. The van der Waals surface area contributed by atoms with Crippen molar-refractivity contribution in [2.75, 3.05) is 0 Å². The van der Waals surface area contributed by atoms with E-state index in [0.29, 0.717) is 22.8 Å². The number of ether oxygens (including phenoxy) is 3. The zero-order valence-electron chi connectivity index (χ0n) is 17.5. The van der Waals surface area contributed by atoms with Crippen molar-refractivity contribution in [3.8, 4) is 35.3 Å². The molecule has 0 spiro atoms. The summed E-state index contributed by atoms with van der Waals surface area (Å²) in [5, 5.41) is 0. The van der Waals surface area contributed by atoms with Crippen molar-refractivity contribution in [1.29, 1.82) is 0 Å². The van der Waals surface area contributed by atoms with Gasteiger partial charge in [-0.1, -0.05) is 35.4 Å². The first kappa shape index (κ1) is 20.8. The topological polar surface area (TPSA) is 109 Å². The Balaban J connectivity index is 1.63. The third kappa shape index (κ3) is 5.37. The van der Waals surface area contributed by atoms with Crippen molar-refractivity contribution in [1.82, 2.24) is 15.0 Å². The number of aromatic nitrogens is 3. The summed E-state index contributed by atoms with van der Waals surface area (Å²) in [7, 11) is 0. The predicted octanol–water partition coefficient (Wildman–Crippen LogP) is 4.96. The van der Waals surface area contributed by atoms with Gasteiger partial charge in [0.25, 0.3) is 0 Å². The van der Waals surface area contributed by atoms with Crippen molar-refractivity contribution < 1.29 is 19.0 Å². The van der Waals surface area contributed by atoms with Crippen LogP contribution in [0.4, 0.5) is 0 Å². The highest BCUT2D eigenvalue weighted by atomic mass is 16.5. The molecule has 3 aromatic carbocycles. The molecular formula is C24H20N4O4. The predicted molar refractivity (Wildman–Crippen MR) is 117 cm³/mol. The van der Waals surface area contributed by atoms with Gasteiger partial charge in [0.15, 0.2) is 0 Å². The summed E-state index contributed by atoms with van der Waals surface area (Å²) in [6, 6.07) is 21.2. The molecule has 0 aliphatic carbocycles. The number of hydrogen-bond donors (Lipinski definition) is 1. The number of rotatable bonds is 7. The molecule has 32 heavy (non-hydrogen) atoms. The molecule has 0 fully saturated rings. The smallest absolute Gasteiger partial charge is 0.331 e. The van der Waals surface area contributed by atoms with Crippen LogP contribution in [0.2, 0.25) is 0 Å². The zero-order valence-corrected chi connectivity index (χ0v) is 17.5. The van der Waals surface area contributed by atoms with E-state index < -0.39 is 5.91 Å². The van der Waals surface area contributed by atoms with Crippen LogP contribution in [0.15, 0.2) is 72.8 Å². The van der Waals surface area contributed by atoms with E-state index in [2.05, 4.69) is 15.0 Å². The first-order valence-electron chi connectivity index (χ1n) is 9.77. The molecule has 0 unspecified atom stereocenters. The molecule has 160 valence electrons. The fraction of sp³-hybridized carbons (Fsp3) is 0.0833. The van der Waals surface area contributed by atoms with Crippen molar-refractivity contribution >= 4 is 5.91 Å². The third-order valence-corrected chi connectivity index (χ3v) is 4.38. The molecule has 4 rings (SSSR count). The molecule has 0 aliphatic rings. The Bertz CT molecular complexity index is 1160. The van der Waals surface area contributed by atoms with Gasteiger partial charge in [-0.05, 0) is 62.4 Å². The monoisotopic (exact) mass is 428 g/mol. The van der Waals surface area contributed by atoms with E-state index in [1.165, 1.54) is 0 Å². The van der Waals surface area contributed by atoms with Crippen LogP contribution in [-0.4, -0.2) is 20.9 Å². The molecule has 0 bridgehead atoms. The number of aryl methyl sites for hydroxylation is 2. The zero-order chi connectivity index (χ0) is 22.5. The lowest BCUT2D eigenvalue weighted by Crippen LogP contribution is -2.10. The van der Waals surface area contributed by atoms with Crippen LogP contribution in [0.1, 0.15) is 21.5 Å². The lowest BCUT2D eigenvalue weighted by molar-refractivity contribution is 0.100. The summed E-state index contributed by atoms with van der Waals surface area (Å²) in [5.41, 5.74) is 7.83. The molecule has 8 heteroatoms. The number of amides is 1. The Hall–Kier alpha value is -4.46. The first-order chi connectivity index (χ1) is 15.4. The van der Waals surface area contributed by atoms with E-state index in [9.17, 15) is 4.79 Å². The van der Waals surface area contributed by atoms with Crippen LogP contribution < -0.4 is 19.9 Å². The van der Waals surface area contributed by atoms with Gasteiger partial charge in [-0.15, -0.1) is 15.0 Å². The fourth-order valence-corrected chi connectivity index (χ4v) is 2.67. The van der Waals surface area contributed by atoms with Crippen LogP contribution >= 0.6 is 0 Å². The van der Waals surface area contributed by atoms with Crippen molar-refractivity contribution in [3.63, 3.8) is 0 Å². The van der Waals surface area contributed by atoms with Gasteiger partial charge < -0.3 is 19.9 Å². The minimum absolute atomic E-state index is 0.00900. The summed E-state index contributed by atoms with van der Waals surface area (Å²) < 4.78 is 17.3. The van der Waals surface area contributed by atoms with E-state index in [0.717, 1.165) is 11.1 Å². The third-order valence-electron chi connectivity index (χ3n) is 4.38. The molecular weight excluding hydrogens is 408 g/mol. The summed E-state index contributed by atoms with van der Waals surface area (Å²) in [5.74, 6) is 0.989. The van der Waals surface area contributed by atoms with Crippen LogP contribution in [0.25, 0.3) is 0 Å². The summed E-state index contributed by atoms with van der Waals surface area (Å²) in [4.78, 5) is 23.9. The van der Waals surface area contributed by atoms with Crippen LogP contribution in [0.3, 0.4) is 0 Å². The minimum Gasteiger partial charge on any atom is -0.424 e. The number of carbonyl (C=O) groups excluding carboxylic acids is 1. The molecule has 8 nitrogen and oxygen atoms in total. The Morgan fingerprint density at radius 3 is 1.22 bits per heavy atom. The average molecular weight is 428 g/mol. The van der Waals surface area contributed by atoms with Gasteiger partial charge in [-0.2, -0.15) is 0 Å². The SMILES string of the molecule is Cc1ccc(Oc2nc(Oc3ccc(C)cc3)nc(Oc3ccc(C(N)=O)cc3)n2)cc1. The Kier molecular flexibility index (Phi) is 5.94. The number of nitrogens with zero attached hydrogens (tertiary/aromatic N) is 3. The molecule has 0 saturated heterocycles. The summed E-state index contributed by atoms with van der Waals surface area (Å²) in [6.45, 7) is 3.96. The highest BCUT2D eigenvalue weighted by Gasteiger charge is 2.13. The maximum atomic E-state index is 11.3. The van der Waals surface area contributed by atoms with Gasteiger partial charge >= 0.3 is 18.0 Å². The standard InChI is InChI=1S/C24H20N4O4/c1-15-3-9-18(10-4-15)30-22-26-23(31-19-11-5-16(2)6-12-19)28-24(27-22)32-20-13-7-17(8-14-20)21(25)29/h3-14H,1-2H3,(H2,25,29). The highest BCUT2D eigenvalue weighted by molar-refractivity contribution is 5.92. The molecule has 1 heterocycles. The summed E-state index contributed by atoms with van der Waals surface area (Å²) >= 11 is 0. The van der Waals surface area contributed by atoms with E-state index in [1.54, 1.807) is 24.3 Å². The van der Waals surface area contributed by atoms with Crippen molar-refractivity contribution in [2.24, 2.45) is 5.73 Å². The Labute approximate surface area is 184 Å². The molecule has 0 radical (unpaired) electrons. The number of primary amides is 1. The largest absolute Gasteiger partial charge is 0.424 e. The van der Waals surface area contributed by atoms with Crippen molar-refractivity contribution in [2.45, 2.75) is 13.8 Å². The van der Waals surface area contributed by atoms with Crippen molar-refractivity contribution in [3.05, 3.63) is 89.5 Å². The second-order valence-corrected chi connectivity index (χ2v) is 7.00. The van der Waals surface area contributed by atoms with Gasteiger partial charge in [0.1, 0.15) is 17.2 Å². The fourth-order valence-electron chi connectivity index (χ4n) is 2.67. The first-order valence-corrected chi connectivity index (χ1v) is 9.77. The molecule has 4 aromatic rings. The number of benzene rings is 3. The van der Waals surface area contributed by atoms with Gasteiger partial charge in [0.05, 0.1) is 0 Å². The average Bonchev–Trinajstić information content (AvgIpc) is 2.77. The quantitative estimate of drug-likeness (QED) is 0.443. The van der Waals surface area contributed by atoms with Gasteiger partial charge in [0, 0.05) is 5.56 Å². The second kappa shape index (κ2) is 9.13. The van der Waals surface area contributed by atoms with Gasteiger partial charge in [0.2, 0.25) is 5.91 Å². The lowest BCUT2D eigenvalue weighted by atomic mass is 10.2. The minimum atomic E-state index is -0.528. The maximum Gasteiger partial charge on any atom is 0.331 e. The normalized spacial score (nSPS) is 10.4. The number of nitrogens with two attached hydrogens (primary N) is 1. The van der Waals surface area contributed by atoms with E-state index in [-0.39, 0.29) is 18.0 Å². The molecule has 0 aliphatic heterocycles. The lowest BCUT2D eigenvalue weighted by Gasteiger charge is -2.10. The molecule has 1 aromatic heterocycles. The highest BCUT2D eigenvalue weighted by Crippen LogP contribution is 2.27. The van der Waals surface area contributed by atoms with Crippen LogP contribution in [0.5, 0.6) is 35.3 Å². The Morgan fingerprint density at radius 2 is 0.906 bits per heavy atom. The molecule has 0 atom stereocenters. The Morgan fingerprint density at radius 1 is 0.594 bits per heavy atom. The van der Waals surface area contributed by atoms with Gasteiger partial charge in [-0.3, -0.25) is 4.79 Å². The molecule has 0 saturated carbocycles. The summed E-state index contributed by atoms with van der Waals surface area (Å²) in [6.07, 6.45) is 0. The van der Waals surface area contributed by atoms with Gasteiger partial charge in [-0.25, -0.2) is 0 Å². The van der Waals surface area contributed by atoms with E-state index >= 15 is 0 Å². The second-order valence-electron chi connectivity index (χ2n) is 7.00. The van der Waals surface area contributed by atoms with E-state index in [1.807, 2.05) is 62.4 Å². The molecule has 2 N–H and O–H groups in total. The molecule has 1 amide bonds. The van der Waals surface area contributed by atoms with Crippen LogP contribution in [-0.2, 0) is 0 Å². The number of carbonyl (C=O) groups is 1. The number of hydrogen-bond acceptors (Lipinski definition) is 7.